The number of hydrogen-bond donors (Lipinski definition) is 3. The second-order valence-corrected chi connectivity index (χ2v) is 3.70. The predicted molar refractivity (Wildman–Crippen MR) is 67.5 cm³/mol. The van der Waals surface area contributed by atoms with Crippen LogP contribution in [-0.4, -0.2) is 28.6 Å². The number of carboxylic acid groups (broad SMARTS) is 1. The number of unbranched alkanes of at least 4 members (excludes halogenated alkanes) is 1. The molecule has 1 heterocycles. The molecule has 0 aliphatic carbocycles. The summed E-state index contributed by atoms with van der Waals surface area (Å²) >= 11 is 0. The molecular weight excluding hydrogens is 218 g/mol. The van der Waals surface area contributed by atoms with Crippen molar-refractivity contribution in [3.8, 4) is 0 Å². The van der Waals surface area contributed by atoms with Gasteiger partial charge in [0.25, 0.3) is 0 Å². The van der Waals surface area contributed by atoms with Crippen LogP contribution in [0.4, 0.5) is 0 Å². The Kier molecular flexibility index (Phi) is 8.91. The molecule has 0 saturated heterocycles. The van der Waals surface area contributed by atoms with Gasteiger partial charge in [-0.05, 0) is 38.4 Å². The van der Waals surface area contributed by atoms with Crippen LogP contribution in [0.3, 0.4) is 0 Å². The monoisotopic (exact) mass is 239 g/mol. The lowest BCUT2D eigenvalue weighted by Gasteiger charge is -2.03. The molecule has 0 aliphatic heterocycles. The van der Waals surface area contributed by atoms with Crippen LogP contribution < -0.4 is 11.5 Å². The number of carbonyl (C=O) groups is 1. The molecule has 1 aromatic rings. The van der Waals surface area contributed by atoms with Crippen molar-refractivity contribution in [2.24, 2.45) is 11.5 Å². The molecule has 1 atom stereocenters. The smallest absolute Gasteiger partial charge is 0.320 e. The molecule has 5 heteroatoms. The molecule has 0 radical (unpaired) electrons. The Morgan fingerprint density at radius 3 is 2.53 bits per heavy atom. The highest BCUT2D eigenvalue weighted by Crippen LogP contribution is 1.96. The number of aryl methyl sites for hydroxylation is 1. The second kappa shape index (κ2) is 9.74. The number of hydrogen-bond acceptors (Lipinski definition) is 4. The van der Waals surface area contributed by atoms with Crippen molar-refractivity contribution in [3.63, 3.8) is 0 Å². The number of aromatic nitrogens is 1. The highest BCUT2D eigenvalue weighted by atomic mass is 16.4. The molecule has 0 bridgehead atoms. The summed E-state index contributed by atoms with van der Waals surface area (Å²) in [5.74, 6) is -0.933. The maximum absolute atomic E-state index is 10.1. The highest BCUT2D eigenvalue weighted by Gasteiger charge is 2.09. The van der Waals surface area contributed by atoms with Crippen molar-refractivity contribution in [2.75, 3.05) is 6.54 Å². The van der Waals surface area contributed by atoms with Crippen LogP contribution in [-0.2, 0) is 4.79 Å². The minimum atomic E-state index is -0.933. The van der Waals surface area contributed by atoms with E-state index in [2.05, 4.69) is 4.98 Å². The van der Waals surface area contributed by atoms with E-state index in [9.17, 15) is 4.79 Å². The van der Waals surface area contributed by atoms with Crippen molar-refractivity contribution in [1.82, 2.24) is 4.98 Å². The minimum absolute atomic E-state index is 0.520. The summed E-state index contributed by atoms with van der Waals surface area (Å²) in [6.45, 7) is 2.58. The molecular formula is C12H21N3O2. The lowest BCUT2D eigenvalue weighted by molar-refractivity contribution is -0.138. The zero-order valence-electron chi connectivity index (χ0n) is 10.2. The number of aliphatic carboxylic acids is 1. The van der Waals surface area contributed by atoms with Crippen LogP contribution in [0.5, 0.6) is 0 Å². The van der Waals surface area contributed by atoms with Gasteiger partial charge in [-0.25, -0.2) is 0 Å². The minimum Gasteiger partial charge on any atom is -0.480 e. The molecule has 1 unspecified atom stereocenters. The lowest BCUT2D eigenvalue weighted by atomic mass is 10.1. The van der Waals surface area contributed by atoms with Gasteiger partial charge in [0.2, 0.25) is 0 Å². The van der Waals surface area contributed by atoms with E-state index in [0.717, 1.165) is 18.5 Å². The molecule has 5 N–H and O–H groups in total. The SMILES string of the molecule is Cc1ccccn1.NCCCCC(N)C(=O)O. The molecule has 1 aromatic heterocycles. The summed E-state index contributed by atoms with van der Waals surface area (Å²) in [6.07, 6.45) is 3.95. The fourth-order valence-electron chi connectivity index (χ4n) is 1.08. The molecule has 0 amide bonds. The molecule has 0 spiro atoms. The fraction of sp³-hybridized carbons (Fsp3) is 0.500. The van der Waals surface area contributed by atoms with Crippen molar-refractivity contribution in [3.05, 3.63) is 30.1 Å². The van der Waals surface area contributed by atoms with Crippen molar-refractivity contribution < 1.29 is 9.90 Å². The summed E-state index contributed by atoms with van der Waals surface area (Å²) in [4.78, 5) is 14.1. The van der Waals surface area contributed by atoms with Crippen LogP contribution in [0.25, 0.3) is 0 Å². The molecule has 5 nitrogen and oxygen atoms in total. The van der Waals surface area contributed by atoms with Gasteiger partial charge in [0.05, 0.1) is 0 Å². The molecule has 0 fully saturated rings. The second-order valence-electron chi connectivity index (χ2n) is 3.70. The quantitative estimate of drug-likeness (QED) is 0.663. The van der Waals surface area contributed by atoms with E-state index in [-0.39, 0.29) is 0 Å². The Balaban J connectivity index is 0.000000318. The average molecular weight is 239 g/mol. The first kappa shape index (κ1) is 15.5. The van der Waals surface area contributed by atoms with Gasteiger partial charge in [-0.3, -0.25) is 9.78 Å². The van der Waals surface area contributed by atoms with Gasteiger partial charge in [-0.1, -0.05) is 12.5 Å². The lowest BCUT2D eigenvalue weighted by Crippen LogP contribution is -2.29. The van der Waals surface area contributed by atoms with E-state index >= 15 is 0 Å². The summed E-state index contributed by atoms with van der Waals surface area (Å²) in [5.41, 5.74) is 11.5. The molecule has 17 heavy (non-hydrogen) atoms. The summed E-state index contributed by atoms with van der Waals surface area (Å²) < 4.78 is 0. The maximum atomic E-state index is 10.1. The van der Waals surface area contributed by atoms with Gasteiger partial charge < -0.3 is 16.6 Å². The first-order chi connectivity index (χ1) is 8.07. The normalized spacial score (nSPS) is 11.2. The van der Waals surface area contributed by atoms with E-state index in [1.54, 1.807) is 6.20 Å². The van der Waals surface area contributed by atoms with Crippen LogP contribution in [0, 0.1) is 6.92 Å². The van der Waals surface area contributed by atoms with Gasteiger partial charge in [0.15, 0.2) is 0 Å². The Hall–Kier alpha value is -1.46. The Labute approximate surface area is 102 Å². The molecule has 0 aromatic carbocycles. The van der Waals surface area contributed by atoms with Gasteiger partial charge in [0.1, 0.15) is 6.04 Å². The average Bonchev–Trinajstić information content (AvgIpc) is 2.31. The van der Waals surface area contributed by atoms with E-state index in [4.69, 9.17) is 16.6 Å². The van der Waals surface area contributed by atoms with E-state index < -0.39 is 12.0 Å². The highest BCUT2D eigenvalue weighted by molar-refractivity contribution is 5.72. The van der Waals surface area contributed by atoms with E-state index in [1.165, 1.54) is 0 Å². The molecule has 0 aliphatic rings. The van der Waals surface area contributed by atoms with Crippen molar-refractivity contribution >= 4 is 5.97 Å². The number of rotatable bonds is 5. The van der Waals surface area contributed by atoms with Gasteiger partial charge >= 0.3 is 5.97 Å². The van der Waals surface area contributed by atoms with E-state index in [1.807, 2.05) is 25.1 Å². The molecule has 96 valence electrons. The first-order valence-corrected chi connectivity index (χ1v) is 5.64. The fourth-order valence-corrected chi connectivity index (χ4v) is 1.08. The molecule has 0 saturated carbocycles. The maximum Gasteiger partial charge on any atom is 0.320 e. The summed E-state index contributed by atoms with van der Waals surface area (Å²) in [5, 5.41) is 8.33. The van der Waals surface area contributed by atoms with Crippen molar-refractivity contribution in [2.45, 2.75) is 32.2 Å². The largest absolute Gasteiger partial charge is 0.480 e. The van der Waals surface area contributed by atoms with Gasteiger partial charge in [0, 0.05) is 11.9 Å². The van der Waals surface area contributed by atoms with Crippen LogP contribution in [0.15, 0.2) is 24.4 Å². The summed E-state index contributed by atoms with van der Waals surface area (Å²) in [7, 11) is 0. The zero-order chi connectivity index (χ0) is 13.1. The standard InChI is InChI=1S/C6H14N2O2.C6H7N/c7-4-2-1-3-5(8)6(9)10;1-6-4-2-3-5-7-6/h5H,1-4,7-8H2,(H,9,10);2-5H,1H3. The third-order valence-electron chi connectivity index (χ3n) is 2.10. The first-order valence-electron chi connectivity index (χ1n) is 5.64. The topological polar surface area (TPSA) is 102 Å². The third kappa shape index (κ3) is 9.47. The third-order valence-corrected chi connectivity index (χ3v) is 2.10. The van der Waals surface area contributed by atoms with Crippen LogP contribution in [0.1, 0.15) is 25.0 Å². The number of pyridine rings is 1. The van der Waals surface area contributed by atoms with Crippen LogP contribution >= 0.6 is 0 Å². The predicted octanol–water partition coefficient (Wildman–Crippen LogP) is 0.917. The Bertz CT molecular complexity index is 304. The van der Waals surface area contributed by atoms with Crippen molar-refractivity contribution in [1.29, 1.82) is 0 Å². The number of carboxylic acids is 1. The van der Waals surface area contributed by atoms with Gasteiger partial charge in [-0.2, -0.15) is 0 Å². The summed E-state index contributed by atoms with van der Waals surface area (Å²) in [6, 6.07) is 5.14. The Morgan fingerprint density at radius 2 is 2.18 bits per heavy atom. The number of nitrogens with zero attached hydrogens (tertiary/aromatic N) is 1. The molecule has 1 rings (SSSR count). The Morgan fingerprint density at radius 1 is 1.47 bits per heavy atom. The number of nitrogens with two attached hydrogens (primary N) is 2. The van der Waals surface area contributed by atoms with E-state index in [0.29, 0.717) is 13.0 Å². The zero-order valence-corrected chi connectivity index (χ0v) is 10.2. The van der Waals surface area contributed by atoms with Gasteiger partial charge in [-0.15, -0.1) is 0 Å². The van der Waals surface area contributed by atoms with Crippen LogP contribution in [0.2, 0.25) is 0 Å².